The molecule has 0 aliphatic carbocycles. The molecule has 3 heteroatoms. The van der Waals surface area contributed by atoms with Crippen molar-refractivity contribution in [3.63, 3.8) is 0 Å². The standard InChI is InChI=1S/C20H25NO2/c1-13(2)18-8-6-7-15(4)19(18)21-20(22)16(5)23-17-11-9-14(3)10-12-17/h6-13,16H,1-5H3,(H,21,22). The molecule has 23 heavy (non-hydrogen) atoms. The van der Waals surface area contributed by atoms with Gasteiger partial charge in [0.1, 0.15) is 5.75 Å². The maximum absolute atomic E-state index is 12.5. The van der Waals surface area contributed by atoms with Crippen LogP contribution in [-0.4, -0.2) is 12.0 Å². The molecule has 0 bridgehead atoms. The maximum Gasteiger partial charge on any atom is 0.265 e. The molecule has 1 atom stereocenters. The molecule has 1 amide bonds. The van der Waals surface area contributed by atoms with Crippen molar-refractivity contribution in [1.82, 2.24) is 0 Å². The van der Waals surface area contributed by atoms with E-state index in [2.05, 4.69) is 25.2 Å². The van der Waals surface area contributed by atoms with Crippen LogP contribution in [0.25, 0.3) is 0 Å². The molecule has 0 aromatic heterocycles. The van der Waals surface area contributed by atoms with E-state index in [1.807, 2.05) is 50.2 Å². The van der Waals surface area contributed by atoms with Crippen LogP contribution in [0.5, 0.6) is 5.75 Å². The lowest BCUT2D eigenvalue weighted by Gasteiger charge is -2.19. The molecule has 0 radical (unpaired) electrons. The number of ether oxygens (including phenoxy) is 1. The number of anilines is 1. The van der Waals surface area contributed by atoms with Gasteiger partial charge in [0.25, 0.3) is 5.91 Å². The minimum absolute atomic E-state index is 0.137. The average Bonchev–Trinajstić information content (AvgIpc) is 2.51. The van der Waals surface area contributed by atoms with Crippen molar-refractivity contribution in [3.05, 3.63) is 59.2 Å². The topological polar surface area (TPSA) is 38.3 Å². The van der Waals surface area contributed by atoms with Gasteiger partial charge in [-0.25, -0.2) is 0 Å². The first-order valence-corrected chi connectivity index (χ1v) is 8.02. The highest BCUT2D eigenvalue weighted by atomic mass is 16.5. The second-order valence-electron chi connectivity index (χ2n) is 6.26. The van der Waals surface area contributed by atoms with Crippen LogP contribution < -0.4 is 10.1 Å². The van der Waals surface area contributed by atoms with Crippen molar-refractivity contribution in [2.45, 2.75) is 46.6 Å². The first-order valence-electron chi connectivity index (χ1n) is 8.02. The first-order chi connectivity index (χ1) is 10.9. The average molecular weight is 311 g/mol. The summed E-state index contributed by atoms with van der Waals surface area (Å²) in [6.07, 6.45) is -0.558. The van der Waals surface area contributed by atoms with Crippen LogP contribution >= 0.6 is 0 Å². The van der Waals surface area contributed by atoms with E-state index in [1.54, 1.807) is 6.92 Å². The molecule has 0 aliphatic heterocycles. The quantitative estimate of drug-likeness (QED) is 0.858. The number of amides is 1. The van der Waals surface area contributed by atoms with Gasteiger partial charge < -0.3 is 10.1 Å². The summed E-state index contributed by atoms with van der Waals surface area (Å²) in [5.74, 6) is 0.910. The molecule has 1 N–H and O–H groups in total. The van der Waals surface area contributed by atoms with E-state index < -0.39 is 6.10 Å². The molecule has 1 unspecified atom stereocenters. The van der Waals surface area contributed by atoms with Gasteiger partial charge in [0.15, 0.2) is 6.10 Å². The number of carbonyl (C=O) groups is 1. The predicted molar refractivity (Wildman–Crippen MR) is 95.2 cm³/mol. The van der Waals surface area contributed by atoms with Crippen molar-refractivity contribution in [2.24, 2.45) is 0 Å². The molecule has 0 saturated heterocycles. The largest absolute Gasteiger partial charge is 0.481 e. The molecule has 2 rings (SSSR count). The molecule has 0 spiro atoms. The zero-order valence-electron chi connectivity index (χ0n) is 14.5. The maximum atomic E-state index is 12.5. The summed E-state index contributed by atoms with van der Waals surface area (Å²) in [6, 6.07) is 13.8. The van der Waals surface area contributed by atoms with Crippen molar-refractivity contribution < 1.29 is 9.53 Å². The second-order valence-corrected chi connectivity index (χ2v) is 6.26. The third-order valence-corrected chi connectivity index (χ3v) is 3.88. The molecule has 122 valence electrons. The Morgan fingerprint density at radius 1 is 1.00 bits per heavy atom. The van der Waals surface area contributed by atoms with Crippen LogP contribution in [0.3, 0.4) is 0 Å². The van der Waals surface area contributed by atoms with Crippen LogP contribution in [0, 0.1) is 13.8 Å². The van der Waals surface area contributed by atoms with Crippen molar-refractivity contribution >= 4 is 11.6 Å². The molecule has 2 aromatic carbocycles. The molecular weight excluding hydrogens is 286 g/mol. The Bertz CT molecular complexity index is 675. The van der Waals surface area contributed by atoms with Crippen molar-refractivity contribution in [1.29, 1.82) is 0 Å². The van der Waals surface area contributed by atoms with Crippen molar-refractivity contribution in [2.75, 3.05) is 5.32 Å². The van der Waals surface area contributed by atoms with Gasteiger partial charge in [-0.15, -0.1) is 0 Å². The second kappa shape index (κ2) is 7.32. The summed E-state index contributed by atoms with van der Waals surface area (Å²) >= 11 is 0. The minimum Gasteiger partial charge on any atom is -0.481 e. The third kappa shape index (κ3) is 4.35. The Labute approximate surface area is 138 Å². The number of hydrogen-bond acceptors (Lipinski definition) is 2. The van der Waals surface area contributed by atoms with E-state index in [1.165, 1.54) is 0 Å². The van der Waals surface area contributed by atoms with Crippen LogP contribution in [0.1, 0.15) is 43.4 Å². The van der Waals surface area contributed by atoms with Crippen molar-refractivity contribution in [3.8, 4) is 5.75 Å². The summed E-state index contributed by atoms with van der Waals surface area (Å²) in [5, 5.41) is 3.03. The Hall–Kier alpha value is -2.29. The summed E-state index contributed by atoms with van der Waals surface area (Å²) in [5.41, 5.74) is 4.26. The Morgan fingerprint density at radius 3 is 2.26 bits per heavy atom. The summed E-state index contributed by atoms with van der Waals surface area (Å²) in [6.45, 7) is 10.0. The predicted octanol–water partition coefficient (Wildman–Crippen LogP) is 4.83. The van der Waals surface area contributed by atoms with Gasteiger partial charge in [0, 0.05) is 5.69 Å². The zero-order chi connectivity index (χ0) is 17.0. The van der Waals surface area contributed by atoms with E-state index >= 15 is 0 Å². The summed E-state index contributed by atoms with van der Waals surface area (Å²) in [4.78, 5) is 12.5. The lowest BCUT2D eigenvalue weighted by Crippen LogP contribution is -2.30. The molecule has 0 heterocycles. The normalized spacial score (nSPS) is 12.1. The Balaban J connectivity index is 2.11. The monoisotopic (exact) mass is 311 g/mol. The summed E-state index contributed by atoms with van der Waals surface area (Å²) < 4.78 is 5.73. The van der Waals surface area contributed by atoms with Crippen LogP contribution in [0.4, 0.5) is 5.69 Å². The van der Waals surface area contributed by atoms with Gasteiger partial charge >= 0.3 is 0 Å². The highest BCUT2D eigenvalue weighted by molar-refractivity contribution is 5.95. The van der Waals surface area contributed by atoms with Gasteiger partial charge in [-0.1, -0.05) is 49.7 Å². The Morgan fingerprint density at radius 2 is 1.65 bits per heavy atom. The molecule has 0 fully saturated rings. The van der Waals surface area contributed by atoms with E-state index in [0.717, 1.165) is 22.4 Å². The molecule has 3 nitrogen and oxygen atoms in total. The van der Waals surface area contributed by atoms with E-state index in [-0.39, 0.29) is 5.91 Å². The molecule has 2 aromatic rings. The van der Waals surface area contributed by atoms with E-state index in [9.17, 15) is 4.79 Å². The Kier molecular flexibility index (Phi) is 5.43. The minimum atomic E-state index is -0.558. The third-order valence-electron chi connectivity index (χ3n) is 3.88. The number of rotatable bonds is 5. The van der Waals surface area contributed by atoms with Gasteiger partial charge in [0.2, 0.25) is 0 Å². The van der Waals surface area contributed by atoms with Gasteiger partial charge in [-0.05, 0) is 49.9 Å². The fourth-order valence-electron chi connectivity index (χ4n) is 2.44. The number of para-hydroxylation sites is 1. The number of nitrogens with one attached hydrogen (secondary N) is 1. The van der Waals surface area contributed by atoms with Gasteiger partial charge in [0.05, 0.1) is 0 Å². The van der Waals surface area contributed by atoms with E-state index in [0.29, 0.717) is 11.7 Å². The first kappa shape index (κ1) is 17.1. The smallest absolute Gasteiger partial charge is 0.265 e. The van der Waals surface area contributed by atoms with Gasteiger partial charge in [-0.2, -0.15) is 0 Å². The van der Waals surface area contributed by atoms with Crippen LogP contribution in [0.15, 0.2) is 42.5 Å². The number of aryl methyl sites for hydroxylation is 2. The molecular formula is C20H25NO2. The summed E-state index contributed by atoms with van der Waals surface area (Å²) in [7, 11) is 0. The molecule has 0 saturated carbocycles. The highest BCUT2D eigenvalue weighted by Gasteiger charge is 2.18. The van der Waals surface area contributed by atoms with Crippen LogP contribution in [-0.2, 0) is 4.79 Å². The number of benzene rings is 2. The fraction of sp³-hybridized carbons (Fsp3) is 0.350. The zero-order valence-corrected chi connectivity index (χ0v) is 14.5. The lowest BCUT2D eigenvalue weighted by molar-refractivity contribution is -0.122. The number of hydrogen-bond donors (Lipinski definition) is 1. The molecule has 0 aliphatic rings. The fourth-order valence-corrected chi connectivity index (χ4v) is 2.44. The highest BCUT2D eigenvalue weighted by Crippen LogP contribution is 2.27. The number of carbonyl (C=O) groups excluding carboxylic acids is 1. The lowest BCUT2D eigenvalue weighted by atomic mass is 9.98. The van der Waals surface area contributed by atoms with E-state index in [4.69, 9.17) is 4.74 Å². The van der Waals surface area contributed by atoms with Crippen LogP contribution in [0.2, 0.25) is 0 Å². The van der Waals surface area contributed by atoms with Gasteiger partial charge in [-0.3, -0.25) is 4.79 Å². The SMILES string of the molecule is Cc1ccc(OC(C)C(=O)Nc2c(C)cccc2C(C)C)cc1.